The van der Waals surface area contributed by atoms with Crippen molar-refractivity contribution in [2.24, 2.45) is 0 Å². The predicted octanol–water partition coefficient (Wildman–Crippen LogP) is 4.42. The highest BCUT2D eigenvalue weighted by atomic mass is 32.2. The Morgan fingerprint density at radius 3 is 2.38 bits per heavy atom. The van der Waals surface area contributed by atoms with Crippen molar-refractivity contribution in [3.05, 3.63) is 88.3 Å². The van der Waals surface area contributed by atoms with Crippen LogP contribution in [0.3, 0.4) is 0 Å². The summed E-state index contributed by atoms with van der Waals surface area (Å²) in [7, 11) is -0.496. The second-order valence-corrected chi connectivity index (χ2v) is 8.43. The van der Waals surface area contributed by atoms with E-state index in [1.54, 1.807) is 30.3 Å². The van der Waals surface area contributed by atoms with Crippen LogP contribution in [0.25, 0.3) is 0 Å². The zero-order chi connectivity index (χ0) is 23.5. The number of hydrogen-bond acceptors (Lipinski definition) is 5. The Morgan fingerprint density at radius 1 is 1.16 bits per heavy atom. The molecule has 0 spiro atoms. The minimum atomic E-state index is -4.70. The minimum Gasteiger partial charge on any atom is -0.466 e. The molecule has 9 heteroatoms. The molecule has 0 aliphatic carbocycles. The van der Waals surface area contributed by atoms with E-state index in [9.17, 15) is 27.4 Å². The number of dihydropyridines is 1. The van der Waals surface area contributed by atoms with Gasteiger partial charge in [0.25, 0.3) is 0 Å². The van der Waals surface area contributed by atoms with Gasteiger partial charge in [-0.15, -0.1) is 0 Å². The van der Waals surface area contributed by atoms with Crippen LogP contribution in [0.5, 0.6) is 0 Å². The molecule has 0 bridgehead atoms. The van der Waals surface area contributed by atoms with Crippen molar-refractivity contribution in [2.75, 3.05) is 12.9 Å². The molecule has 1 N–H and O–H groups in total. The van der Waals surface area contributed by atoms with Crippen LogP contribution in [0, 0.1) is 11.3 Å². The van der Waals surface area contributed by atoms with Crippen LogP contribution in [0.4, 0.5) is 13.2 Å². The van der Waals surface area contributed by atoms with Gasteiger partial charge in [-0.3, -0.25) is 4.21 Å². The summed E-state index contributed by atoms with van der Waals surface area (Å²) in [5.41, 5.74) is -0.996. The number of alkyl halides is 3. The second kappa shape index (κ2) is 9.40. The van der Waals surface area contributed by atoms with Crippen LogP contribution in [-0.2, 0) is 26.5 Å². The lowest BCUT2D eigenvalue weighted by Gasteiger charge is -2.31. The van der Waals surface area contributed by atoms with E-state index in [1.165, 1.54) is 25.1 Å². The highest BCUT2D eigenvalue weighted by Gasteiger charge is 2.41. The molecule has 2 atom stereocenters. The molecule has 0 saturated heterocycles. The molecule has 1 aliphatic heterocycles. The van der Waals surface area contributed by atoms with Gasteiger partial charge in [-0.05, 0) is 30.7 Å². The van der Waals surface area contributed by atoms with Crippen molar-refractivity contribution in [3.8, 4) is 6.07 Å². The fourth-order valence-electron chi connectivity index (χ4n) is 3.61. The van der Waals surface area contributed by atoms with Gasteiger partial charge < -0.3 is 10.1 Å². The molecule has 0 amide bonds. The van der Waals surface area contributed by atoms with Gasteiger partial charge in [-0.2, -0.15) is 18.4 Å². The van der Waals surface area contributed by atoms with Crippen molar-refractivity contribution < 1.29 is 26.9 Å². The number of ether oxygens (including phenoxy) is 1. The molecule has 0 fully saturated rings. The zero-order valence-corrected chi connectivity index (χ0v) is 18.0. The van der Waals surface area contributed by atoms with Crippen LogP contribution in [0.2, 0.25) is 0 Å². The Balaban J connectivity index is 2.22. The van der Waals surface area contributed by atoms with Crippen molar-refractivity contribution in [1.29, 1.82) is 5.26 Å². The number of halogens is 3. The molecule has 3 rings (SSSR count). The van der Waals surface area contributed by atoms with E-state index in [2.05, 4.69) is 5.32 Å². The summed E-state index contributed by atoms with van der Waals surface area (Å²) in [6, 6.07) is 15.2. The summed E-state index contributed by atoms with van der Waals surface area (Å²) in [5, 5.41) is 12.6. The molecule has 0 saturated carbocycles. The molecule has 2 aromatic rings. The van der Waals surface area contributed by atoms with E-state index >= 15 is 0 Å². The second-order valence-electron chi connectivity index (χ2n) is 6.98. The molecule has 2 unspecified atom stereocenters. The van der Waals surface area contributed by atoms with Gasteiger partial charge >= 0.3 is 12.1 Å². The summed E-state index contributed by atoms with van der Waals surface area (Å²) in [6.07, 6.45) is -4.70. The van der Waals surface area contributed by atoms with Gasteiger partial charge in [-0.25, -0.2) is 4.79 Å². The summed E-state index contributed by atoms with van der Waals surface area (Å²) in [4.78, 5) is 13.3. The van der Waals surface area contributed by atoms with Crippen molar-refractivity contribution in [1.82, 2.24) is 5.32 Å². The number of carbonyl (C=O) groups is 1. The number of benzene rings is 2. The molecule has 0 radical (unpaired) electrons. The highest BCUT2D eigenvalue weighted by molar-refractivity contribution is 7.85. The minimum absolute atomic E-state index is 0.0451. The first kappa shape index (κ1) is 23.3. The summed E-state index contributed by atoms with van der Waals surface area (Å²) in [6.45, 7) is 1.53. The summed E-state index contributed by atoms with van der Waals surface area (Å²) >= 11 is 0. The maximum atomic E-state index is 13.8. The van der Waals surface area contributed by atoms with Crippen molar-refractivity contribution >= 4 is 16.8 Å². The lowest BCUT2D eigenvalue weighted by Crippen LogP contribution is -2.32. The Morgan fingerprint density at radius 2 is 1.78 bits per heavy atom. The van der Waals surface area contributed by atoms with Crippen LogP contribution in [0.15, 0.2) is 82.0 Å². The van der Waals surface area contributed by atoms with Gasteiger partial charge in [-0.1, -0.05) is 36.4 Å². The Bertz CT molecular complexity index is 1160. The standard InChI is InChI=1S/C23H19F3N2O3S/c1-14-17(12-27)20(16-10-6-7-11-18(16)23(24,25)26)21(22(29)31-2)19(28-14)13-32(30)15-8-4-3-5-9-15/h3-11,20,28H,13H2,1-2H3. The lowest BCUT2D eigenvalue weighted by atomic mass is 9.79. The first-order chi connectivity index (χ1) is 15.2. The summed E-state index contributed by atoms with van der Waals surface area (Å²) < 4.78 is 59.1. The maximum Gasteiger partial charge on any atom is 0.416 e. The number of nitrogens with one attached hydrogen (secondary N) is 1. The number of nitriles is 1. The van der Waals surface area contributed by atoms with E-state index in [4.69, 9.17) is 4.74 Å². The fourth-order valence-corrected chi connectivity index (χ4v) is 4.73. The zero-order valence-electron chi connectivity index (χ0n) is 17.2. The number of methoxy groups -OCH3 is 1. The highest BCUT2D eigenvalue weighted by Crippen LogP contribution is 2.44. The molecule has 2 aromatic carbocycles. The lowest BCUT2D eigenvalue weighted by molar-refractivity contribution is -0.139. The molecule has 1 heterocycles. The Kier molecular flexibility index (Phi) is 6.84. The Labute approximate surface area is 185 Å². The smallest absolute Gasteiger partial charge is 0.416 e. The first-order valence-corrected chi connectivity index (χ1v) is 10.8. The average molecular weight is 460 g/mol. The van der Waals surface area contributed by atoms with Gasteiger partial charge in [0.05, 0.1) is 52.4 Å². The quantitative estimate of drug-likeness (QED) is 0.668. The van der Waals surface area contributed by atoms with E-state index < -0.39 is 34.4 Å². The van der Waals surface area contributed by atoms with E-state index in [-0.39, 0.29) is 33.9 Å². The average Bonchev–Trinajstić information content (AvgIpc) is 2.78. The van der Waals surface area contributed by atoms with E-state index in [0.717, 1.165) is 13.2 Å². The van der Waals surface area contributed by atoms with Crippen molar-refractivity contribution in [2.45, 2.75) is 23.9 Å². The number of rotatable bonds is 5. The fraction of sp³-hybridized carbons (Fsp3) is 0.217. The first-order valence-electron chi connectivity index (χ1n) is 9.47. The van der Waals surface area contributed by atoms with E-state index in [1.807, 2.05) is 6.07 Å². The number of allylic oxidation sites excluding steroid dienone is 2. The van der Waals surface area contributed by atoms with Crippen LogP contribution in [0.1, 0.15) is 24.0 Å². The predicted molar refractivity (Wildman–Crippen MR) is 112 cm³/mol. The molecule has 0 aromatic heterocycles. The molecular weight excluding hydrogens is 441 g/mol. The van der Waals surface area contributed by atoms with E-state index in [0.29, 0.717) is 4.90 Å². The van der Waals surface area contributed by atoms with Gasteiger partial charge in [0.15, 0.2) is 0 Å². The maximum absolute atomic E-state index is 13.8. The normalized spacial score (nSPS) is 17.4. The molecular formula is C23H19F3N2O3S. The summed E-state index contributed by atoms with van der Waals surface area (Å²) in [5.74, 6) is -2.40. The monoisotopic (exact) mass is 460 g/mol. The third kappa shape index (κ3) is 4.60. The molecule has 5 nitrogen and oxygen atoms in total. The van der Waals surface area contributed by atoms with Crippen LogP contribution < -0.4 is 5.32 Å². The number of carbonyl (C=O) groups excluding carboxylic acids is 1. The largest absolute Gasteiger partial charge is 0.466 e. The number of esters is 1. The van der Waals surface area contributed by atoms with Gasteiger partial charge in [0.2, 0.25) is 0 Å². The van der Waals surface area contributed by atoms with Gasteiger partial charge in [0, 0.05) is 16.3 Å². The Hall–Kier alpha value is -3.38. The SMILES string of the molecule is COC(=O)C1=C(CS(=O)c2ccccc2)NC(C)=C(C#N)C1c1ccccc1C(F)(F)F. The van der Waals surface area contributed by atoms with Crippen LogP contribution in [-0.4, -0.2) is 23.0 Å². The molecule has 166 valence electrons. The third-order valence-corrected chi connectivity index (χ3v) is 6.38. The molecule has 1 aliphatic rings. The third-order valence-electron chi connectivity index (χ3n) is 5.03. The van der Waals surface area contributed by atoms with Crippen molar-refractivity contribution in [3.63, 3.8) is 0 Å². The molecule has 32 heavy (non-hydrogen) atoms. The topological polar surface area (TPSA) is 79.2 Å². The van der Waals surface area contributed by atoms with Crippen LogP contribution >= 0.6 is 0 Å². The number of hydrogen-bond donors (Lipinski definition) is 1. The van der Waals surface area contributed by atoms with Gasteiger partial charge in [0.1, 0.15) is 0 Å². The number of nitrogens with zero attached hydrogens (tertiary/aromatic N) is 1.